The minimum absolute atomic E-state index is 0.289. The average Bonchev–Trinajstić information content (AvgIpc) is 3.13. The summed E-state index contributed by atoms with van der Waals surface area (Å²) in [5.41, 5.74) is 1.09. The number of halogens is 1. The number of hydrogen-bond acceptors (Lipinski definition) is 3. The molecule has 0 unspecified atom stereocenters. The van der Waals surface area contributed by atoms with Crippen molar-refractivity contribution in [1.82, 2.24) is 9.78 Å². The molecule has 0 saturated heterocycles. The summed E-state index contributed by atoms with van der Waals surface area (Å²) in [7, 11) is 1.66. The summed E-state index contributed by atoms with van der Waals surface area (Å²) in [5, 5.41) is 4.89. The Kier molecular flexibility index (Phi) is 4.34. The fourth-order valence-electron chi connectivity index (χ4n) is 2.67. The molecule has 1 aromatic carbocycles. The minimum Gasteiger partial charge on any atom is -0.497 e. The molecule has 4 nitrogen and oxygen atoms in total. The van der Waals surface area contributed by atoms with Crippen molar-refractivity contribution >= 4 is 11.6 Å². The van der Waals surface area contributed by atoms with Crippen LogP contribution in [0.1, 0.15) is 31.2 Å². The van der Waals surface area contributed by atoms with Crippen LogP contribution < -0.4 is 9.47 Å². The Labute approximate surface area is 129 Å². The van der Waals surface area contributed by atoms with E-state index in [-0.39, 0.29) is 6.10 Å². The van der Waals surface area contributed by atoms with Crippen LogP contribution in [0, 0.1) is 0 Å². The maximum Gasteiger partial charge on any atom is 0.176 e. The lowest BCUT2D eigenvalue weighted by atomic mass is 10.2. The first-order valence-electron chi connectivity index (χ1n) is 7.27. The third-order valence-electron chi connectivity index (χ3n) is 3.81. The summed E-state index contributed by atoms with van der Waals surface area (Å²) in [4.78, 5) is 0. The Balaban J connectivity index is 1.72. The van der Waals surface area contributed by atoms with Gasteiger partial charge in [-0.25, -0.2) is 4.68 Å². The summed E-state index contributed by atoms with van der Waals surface area (Å²) < 4.78 is 12.9. The Bertz CT molecular complexity index is 606. The van der Waals surface area contributed by atoms with Crippen LogP contribution in [0.2, 0.25) is 5.15 Å². The van der Waals surface area contributed by atoms with Crippen LogP contribution in [-0.2, 0) is 6.54 Å². The molecule has 2 aromatic rings. The van der Waals surface area contributed by atoms with Gasteiger partial charge in [0.25, 0.3) is 0 Å². The van der Waals surface area contributed by atoms with E-state index in [1.165, 1.54) is 12.8 Å². The van der Waals surface area contributed by atoms with Crippen LogP contribution >= 0.6 is 11.6 Å². The maximum atomic E-state index is 6.37. The molecule has 0 radical (unpaired) electrons. The Morgan fingerprint density at radius 3 is 2.90 bits per heavy atom. The second kappa shape index (κ2) is 6.39. The number of benzene rings is 1. The SMILES string of the molecule is COc1cccc(Cn2ncc(OC3CCCC3)c2Cl)c1. The minimum atomic E-state index is 0.289. The van der Waals surface area contributed by atoms with Crippen LogP contribution in [0.4, 0.5) is 0 Å². The molecule has 1 aliphatic carbocycles. The molecule has 21 heavy (non-hydrogen) atoms. The zero-order chi connectivity index (χ0) is 14.7. The molecule has 1 aliphatic rings. The predicted molar refractivity (Wildman–Crippen MR) is 82.2 cm³/mol. The van der Waals surface area contributed by atoms with E-state index >= 15 is 0 Å². The van der Waals surface area contributed by atoms with Gasteiger partial charge in [-0.3, -0.25) is 0 Å². The summed E-state index contributed by atoms with van der Waals surface area (Å²) in [6, 6.07) is 7.89. The van der Waals surface area contributed by atoms with Crippen molar-refractivity contribution in [1.29, 1.82) is 0 Å². The van der Waals surface area contributed by atoms with Crippen LogP contribution in [0.25, 0.3) is 0 Å². The van der Waals surface area contributed by atoms with E-state index in [9.17, 15) is 0 Å². The Morgan fingerprint density at radius 1 is 1.33 bits per heavy atom. The van der Waals surface area contributed by atoms with Gasteiger partial charge in [-0.1, -0.05) is 23.7 Å². The second-order valence-electron chi connectivity index (χ2n) is 5.33. The first kappa shape index (κ1) is 14.3. The van der Waals surface area contributed by atoms with Gasteiger partial charge in [-0.15, -0.1) is 0 Å². The van der Waals surface area contributed by atoms with Gasteiger partial charge in [0, 0.05) is 0 Å². The second-order valence-corrected chi connectivity index (χ2v) is 5.69. The molecule has 1 aromatic heterocycles. The van der Waals surface area contributed by atoms with Crippen molar-refractivity contribution in [2.45, 2.75) is 38.3 Å². The molecule has 0 amide bonds. The van der Waals surface area contributed by atoms with E-state index in [4.69, 9.17) is 21.1 Å². The highest BCUT2D eigenvalue weighted by molar-refractivity contribution is 6.31. The maximum absolute atomic E-state index is 6.37. The van der Waals surface area contributed by atoms with Gasteiger partial charge < -0.3 is 9.47 Å². The topological polar surface area (TPSA) is 36.3 Å². The number of nitrogens with zero attached hydrogens (tertiary/aromatic N) is 2. The van der Waals surface area contributed by atoms with Crippen LogP contribution in [-0.4, -0.2) is 23.0 Å². The van der Waals surface area contributed by atoms with E-state index in [0.29, 0.717) is 17.4 Å². The molecule has 5 heteroatoms. The highest BCUT2D eigenvalue weighted by Gasteiger charge is 2.19. The predicted octanol–water partition coefficient (Wildman–Crippen LogP) is 3.91. The van der Waals surface area contributed by atoms with E-state index < -0.39 is 0 Å². The summed E-state index contributed by atoms with van der Waals surface area (Å²) >= 11 is 6.37. The Morgan fingerprint density at radius 2 is 2.14 bits per heavy atom. The Hall–Kier alpha value is -1.68. The van der Waals surface area contributed by atoms with Crippen LogP contribution in [0.15, 0.2) is 30.5 Å². The molecular weight excluding hydrogens is 288 g/mol. The summed E-state index contributed by atoms with van der Waals surface area (Å²) in [5.74, 6) is 1.52. The third-order valence-corrected chi connectivity index (χ3v) is 4.19. The van der Waals surface area contributed by atoms with E-state index in [2.05, 4.69) is 5.10 Å². The van der Waals surface area contributed by atoms with Crippen molar-refractivity contribution < 1.29 is 9.47 Å². The molecule has 0 aliphatic heterocycles. The number of ether oxygens (including phenoxy) is 2. The zero-order valence-corrected chi connectivity index (χ0v) is 12.8. The van der Waals surface area contributed by atoms with Gasteiger partial charge in [0.15, 0.2) is 10.9 Å². The number of methoxy groups -OCH3 is 1. The van der Waals surface area contributed by atoms with E-state index in [0.717, 1.165) is 24.2 Å². The lowest BCUT2D eigenvalue weighted by Gasteiger charge is -2.11. The average molecular weight is 307 g/mol. The molecule has 112 valence electrons. The smallest absolute Gasteiger partial charge is 0.176 e. The molecule has 0 N–H and O–H groups in total. The van der Waals surface area contributed by atoms with Crippen LogP contribution in [0.3, 0.4) is 0 Å². The van der Waals surface area contributed by atoms with Gasteiger partial charge in [-0.2, -0.15) is 5.10 Å². The standard InChI is InChI=1S/C16H19ClN2O2/c1-20-14-8-4-5-12(9-14)11-19-16(17)15(10-18-19)21-13-6-2-3-7-13/h4-5,8-10,13H,2-3,6-7,11H2,1H3. The molecule has 0 bridgehead atoms. The molecule has 1 heterocycles. The highest BCUT2D eigenvalue weighted by Crippen LogP contribution is 2.30. The molecule has 0 spiro atoms. The van der Waals surface area contributed by atoms with Crippen molar-refractivity contribution in [3.8, 4) is 11.5 Å². The molecular formula is C16H19ClN2O2. The number of rotatable bonds is 5. The number of hydrogen-bond donors (Lipinski definition) is 0. The molecule has 1 saturated carbocycles. The fourth-order valence-corrected chi connectivity index (χ4v) is 2.87. The normalized spacial score (nSPS) is 15.3. The van der Waals surface area contributed by atoms with Gasteiger partial charge in [0.05, 0.1) is 26.0 Å². The quantitative estimate of drug-likeness (QED) is 0.840. The molecule has 0 atom stereocenters. The largest absolute Gasteiger partial charge is 0.497 e. The van der Waals surface area contributed by atoms with Gasteiger partial charge >= 0.3 is 0 Å². The third kappa shape index (κ3) is 3.32. The summed E-state index contributed by atoms with van der Waals surface area (Å²) in [6.45, 7) is 0.601. The number of aromatic nitrogens is 2. The summed E-state index contributed by atoms with van der Waals surface area (Å²) in [6.07, 6.45) is 6.69. The van der Waals surface area contributed by atoms with Crippen molar-refractivity contribution in [3.05, 3.63) is 41.2 Å². The highest BCUT2D eigenvalue weighted by atomic mass is 35.5. The van der Waals surface area contributed by atoms with E-state index in [1.54, 1.807) is 18.0 Å². The molecule has 3 rings (SSSR count). The van der Waals surface area contributed by atoms with Gasteiger partial charge in [-0.05, 0) is 43.4 Å². The first-order chi connectivity index (χ1) is 10.3. The van der Waals surface area contributed by atoms with Gasteiger partial charge in [0.2, 0.25) is 0 Å². The fraction of sp³-hybridized carbons (Fsp3) is 0.438. The van der Waals surface area contributed by atoms with Gasteiger partial charge in [0.1, 0.15) is 5.75 Å². The van der Waals surface area contributed by atoms with E-state index in [1.807, 2.05) is 24.3 Å². The monoisotopic (exact) mass is 306 g/mol. The molecule has 1 fully saturated rings. The lowest BCUT2D eigenvalue weighted by Crippen LogP contribution is -2.10. The van der Waals surface area contributed by atoms with Crippen molar-refractivity contribution in [3.63, 3.8) is 0 Å². The van der Waals surface area contributed by atoms with Crippen LogP contribution in [0.5, 0.6) is 11.5 Å². The van der Waals surface area contributed by atoms with Crippen molar-refractivity contribution in [2.75, 3.05) is 7.11 Å². The zero-order valence-electron chi connectivity index (χ0n) is 12.1. The van der Waals surface area contributed by atoms with Crippen molar-refractivity contribution in [2.24, 2.45) is 0 Å². The lowest BCUT2D eigenvalue weighted by molar-refractivity contribution is 0.210. The first-order valence-corrected chi connectivity index (χ1v) is 7.65.